The molecule has 0 aromatic rings. The van der Waals surface area contributed by atoms with Gasteiger partial charge in [0.15, 0.2) is 0 Å². The van der Waals surface area contributed by atoms with E-state index in [-0.39, 0.29) is 11.9 Å². The van der Waals surface area contributed by atoms with Crippen molar-refractivity contribution in [2.45, 2.75) is 12.5 Å². The maximum absolute atomic E-state index is 11.1. The van der Waals surface area contributed by atoms with Crippen LogP contribution >= 0.6 is 0 Å². The Labute approximate surface area is 64.4 Å². The molecule has 4 heteroatoms. The van der Waals surface area contributed by atoms with Gasteiger partial charge in [0.25, 0.3) is 5.91 Å². The molecule has 2 N–H and O–H groups in total. The van der Waals surface area contributed by atoms with Gasteiger partial charge in [-0.15, -0.1) is 0 Å². The van der Waals surface area contributed by atoms with Crippen molar-refractivity contribution in [1.29, 1.82) is 0 Å². The van der Waals surface area contributed by atoms with Gasteiger partial charge in [-0.05, 0) is 0 Å². The summed E-state index contributed by atoms with van der Waals surface area (Å²) in [5.74, 6) is 0.00519. The van der Waals surface area contributed by atoms with Crippen LogP contribution in [0.25, 0.3) is 0 Å². The molecule has 0 bridgehead atoms. The van der Waals surface area contributed by atoms with Crippen LogP contribution in [0.1, 0.15) is 6.42 Å². The number of nitrogens with one attached hydrogen (secondary N) is 2. The van der Waals surface area contributed by atoms with Crippen LogP contribution in [0.15, 0.2) is 16.8 Å². The molecule has 0 aliphatic carbocycles. The third kappa shape index (κ3) is 1.05. The van der Waals surface area contributed by atoms with Crippen LogP contribution in [0.5, 0.6) is 0 Å². The van der Waals surface area contributed by atoms with E-state index in [1.165, 1.54) is 0 Å². The highest BCUT2D eigenvalue weighted by atomic mass is 16.2. The van der Waals surface area contributed by atoms with Crippen LogP contribution in [0, 0.1) is 0 Å². The fraction of sp³-hybridized carbons (Fsp3) is 0.429. The average molecular weight is 151 g/mol. The molecule has 1 fully saturated rings. The van der Waals surface area contributed by atoms with E-state index in [1.807, 2.05) is 6.21 Å². The Hall–Kier alpha value is -1.16. The molecule has 0 aromatic carbocycles. The number of fused-ring (bicyclic) bond motifs is 1. The molecule has 0 spiro atoms. The molecule has 0 unspecified atom stereocenters. The van der Waals surface area contributed by atoms with Gasteiger partial charge in [0.05, 0.1) is 12.2 Å². The van der Waals surface area contributed by atoms with Gasteiger partial charge >= 0.3 is 0 Å². The molecule has 2 aliphatic rings. The quantitative estimate of drug-likeness (QED) is 0.485. The first-order valence-corrected chi connectivity index (χ1v) is 3.61. The van der Waals surface area contributed by atoms with E-state index in [0.717, 1.165) is 12.0 Å². The molecule has 11 heavy (non-hydrogen) atoms. The third-order valence-corrected chi connectivity index (χ3v) is 1.90. The average Bonchev–Trinajstić information content (AvgIpc) is 2.06. The predicted octanol–water partition coefficient (Wildman–Crippen LogP) is -0.610. The summed E-state index contributed by atoms with van der Waals surface area (Å²) in [6.07, 6.45) is 4.26. The number of carbonyl (C=O) groups excluding carboxylic acids is 1. The number of carbonyl (C=O) groups is 1. The van der Waals surface area contributed by atoms with Crippen LogP contribution in [-0.2, 0) is 4.79 Å². The van der Waals surface area contributed by atoms with Gasteiger partial charge in [-0.2, -0.15) is 0 Å². The molecule has 0 saturated carbocycles. The fourth-order valence-corrected chi connectivity index (χ4v) is 1.28. The van der Waals surface area contributed by atoms with Crippen molar-refractivity contribution in [1.82, 2.24) is 10.6 Å². The number of rotatable bonds is 0. The van der Waals surface area contributed by atoms with Crippen LogP contribution in [0.2, 0.25) is 0 Å². The Balaban J connectivity index is 2.27. The lowest BCUT2D eigenvalue weighted by Crippen LogP contribution is -2.50. The third-order valence-electron chi connectivity index (χ3n) is 1.90. The van der Waals surface area contributed by atoms with Crippen molar-refractivity contribution >= 4 is 12.1 Å². The second-order valence-electron chi connectivity index (χ2n) is 2.59. The Morgan fingerprint density at radius 1 is 1.64 bits per heavy atom. The standard InChI is InChI=1S/C7H9N3O/c11-7-5-3-8-2-1-6(5)9-4-10-7/h2-3,6,9H,1,4H2,(H,10,11)/t6-/m0/s1. The zero-order valence-electron chi connectivity index (χ0n) is 6.00. The highest BCUT2D eigenvalue weighted by Crippen LogP contribution is 2.12. The second kappa shape index (κ2) is 2.47. The minimum absolute atomic E-state index is 0.00519. The summed E-state index contributed by atoms with van der Waals surface area (Å²) in [5.41, 5.74) is 0.749. The molecule has 1 amide bonds. The molecule has 1 atom stereocenters. The van der Waals surface area contributed by atoms with Gasteiger partial charge < -0.3 is 5.32 Å². The Morgan fingerprint density at radius 2 is 2.55 bits per heavy atom. The molecular weight excluding hydrogens is 142 g/mol. The maximum atomic E-state index is 11.1. The summed E-state index contributed by atoms with van der Waals surface area (Å²) >= 11 is 0. The van der Waals surface area contributed by atoms with Gasteiger partial charge in [0, 0.05) is 24.9 Å². The maximum Gasteiger partial charge on any atom is 0.251 e. The van der Waals surface area contributed by atoms with Gasteiger partial charge in [-0.3, -0.25) is 15.1 Å². The van der Waals surface area contributed by atoms with Crippen molar-refractivity contribution in [3.8, 4) is 0 Å². The smallest absolute Gasteiger partial charge is 0.251 e. The molecule has 4 nitrogen and oxygen atoms in total. The first-order chi connectivity index (χ1) is 5.38. The van der Waals surface area contributed by atoms with E-state index in [0.29, 0.717) is 6.67 Å². The zero-order chi connectivity index (χ0) is 7.68. The highest BCUT2D eigenvalue weighted by Gasteiger charge is 2.25. The van der Waals surface area contributed by atoms with E-state index in [9.17, 15) is 4.79 Å². The van der Waals surface area contributed by atoms with Crippen molar-refractivity contribution in [2.24, 2.45) is 4.99 Å². The van der Waals surface area contributed by atoms with Crippen molar-refractivity contribution < 1.29 is 4.79 Å². The van der Waals surface area contributed by atoms with Gasteiger partial charge in [0.1, 0.15) is 0 Å². The van der Waals surface area contributed by atoms with Crippen molar-refractivity contribution in [2.75, 3.05) is 6.67 Å². The summed E-state index contributed by atoms with van der Waals surface area (Å²) in [7, 11) is 0. The molecule has 1 saturated heterocycles. The molecule has 58 valence electrons. The van der Waals surface area contributed by atoms with Crippen LogP contribution < -0.4 is 10.6 Å². The molecule has 0 aromatic heterocycles. The predicted molar refractivity (Wildman–Crippen MR) is 41.1 cm³/mol. The van der Waals surface area contributed by atoms with E-state index in [2.05, 4.69) is 15.6 Å². The van der Waals surface area contributed by atoms with Gasteiger partial charge in [-0.1, -0.05) is 0 Å². The normalized spacial score (nSPS) is 28.9. The Morgan fingerprint density at radius 3 is 3.36 bits per heavy atom. The number of aliphatic imine (C=N–C) groups is 1. The number of hydrogen-bond acceptors (Lipinski definition) is 3. The van der Waals surface area contributed by atoms with Crippen LogP contribution in [-0.4, -0.2) is 24.8 Å². The van der Waals surface area contributed by atoms with E-state index in [4.69, 9.17) is 0 Å². The first-order valence-electron chi connectivity index (χ1n) is 3.61. The number of hydrogen-bond donors (Lipinski definition) is 2. The summed E-state index contributed by atoms with van der Waals surface area (Å²) in [5, 5.41) is 5.85. The summed E-state index contributed by atoms with van der Waals surface area (Å²) in [4.78, 5) is 15.1. The van der Waals surface area contributed by atoms with Crippen molar-refractivity contribution in [3.63, 3.8) is 0 Å². The largest absolute Gasteiger partial charge is 0.340 e. The van der Waals surface area contributed by atoms with Crippen LogP contribution in [0.3, 0.4) is 0 Å². The van der Waals surface area contributed by atoms with Gasteiger partial charge in [0.2, 0.25) is 0 Å². The minimum Gasteiger partial charge on any atom is -0.340 e. The van der Waals surface area contributed by atoms with Crippen LogP contribution in [0.4, 0.5) is 0 Å². The van der Waals surface area contributed by atoms with E-state index in [1.54, 1.807) is 6.20 Å². The molecule has 2 rings (SSSR count). The van der Waals surface area contributed by atoms with Crippen molar-refractivity contribution in [3.05, 3.63) is 11.8 Å². The second-order valence-corrected chi connectivity index (χ2v) is 2.59. The minimum atomic E-state index is 0.00519. The lowest BCUT2D eigenvalue weighted by molar-refractivity contribution is -0.118. The molecule has 0 radical (unpaired) electrons. The lowest BCUT2D eigenvalue weighted by Gasteiger charge is -2.26. The molecule has 2 aliphatic heterocycles. The number of amides is 1. The summed E-state index contributed by atoms with van der Waals surface area (Å²) in [6.45, 7) is 0.564. The highest BCUT2D eigenvalue weighted by molar-refractivity contribution is 5.96. The Kier molecular flexibility index (Phi) is 1.47. The monoisotopic (exact) mass is 151 g/mol. The number of nitrogens with zero attached hydrogens (tertiary/aromatic N) is 1. The molecular formula is C7H9N3O. The topological polar surface area (TPSA) is 53.5 Å². The Bertz CT molecular complexity index is 244. The fourth-order valence-electron chi connectivity index (χ4n) is 1.28. The van der Waals surface area contributed by atoms with E-state index >= 15 is 0 Å². The SMILES string of the molecule is O=C1NCN[C@H]2CC=NC=C12. The lowest BCUT2D eigenvalue weighted by atomic mass is 10.0. The molecule has 2 heterocycles. The summed E-state index contributed by atoms with van der Waals surface area (Å²) < 4.78 is 0. The zero-order valence-corrected chi connectivity index (χ0v) is 6.00. The van der Waals surface area contributed by atoms with E-state index < -0.39 is 0 Å². The first kappa shape index (κ1) is 6.54. The van der Waals surface area contributed by atoms with Gasteiger partial charge in [-0.25, -0.2) is 0 Å². The summed E-state index contributed by atoms with van der Waals surface area (Å²) in [6, 6.07) is 0.182.